The molecule has 4 amide bonds. The summed E-state index contributed by atoms with van der Waals surface area (Å²) in [7, 11) is 7.84. The highest BCUT2D eigenvalue weighted by molar-refractivity contribution is 7.13. The molecule has 2 aromatic heterocycles. The highest BCUT2D eigenvalue weighted by Crippen LogP contribution is 2.46. The van der Waals surface area contributed by atoms with Crippen LogP contribution in [-0.4, -0.2) is 151 Å². The van der Waals surface area contributed by atoms with Crippen molar-refractivity contribution < 1.29 is 67.0 Å². The van der Waals surface area contributed by atoms with Gasteiger partial charge in [-0.3, -0.25) is 19.2 Å². The van der Waals surface area contributed by atoms with E-state index in [1.54, 1.807) is 62.7 Å². The van der Waals surface area contributed by atoms with Crippen LogP contribution in [0.3, 0.4) is 0 Å². The third-order valence-corrected chi connectivity index (χ3v) is 18.5. The Labute approximate surface area is 542 Å². The fraction of sp³-hybridized carbons (Fsp3) is 0.507. The van der Waals surface area contributed by atoms with Crippen molar-refractivity contribution >= 4 is 40.9 Å². The van der Waals surface area contributed by atoms with Crippen molar-refractivity contribution in [3.05, 3.63) is 124 Å². The van der Waals surface area contributed by atoms with E-state index in [0.29, 0.717) is 66.0 Å². The smallest absolute Gasteiger partial charge is 0.329 e. The van der Waals surface area contributed by atoms with Gasteiger partial charge in [-0.15, -0.1) is 16.4 Å². The molecule has 0 spiro atoms. The second-order valence-corrected chi connectivity index (χ2v) is 25.7. The van der Waals surface area contributed by atoms with Gasteiger partial charge in [0.25, 0.3) is 0 Å². The lowest BCUT2D eigenvalue weighted by atomic mass is 9.75. The van der Waals surface area contributed by atoms with Gasteiger partial charge >= 0.3 is 5.97 Å². The van der Waals surface area contributed by atoms with Crippen LogP contribution in [0.4, 0.5) is 0 Å². The quantitative estimate of drug-likeness (QED) is 0.0306. The number of hydrogen-bond acceptors (Lipinski definition) is 18. The number of ether oxygens (including phenoxy) is 8. The zero-order chi connectivity index (χ0) is 65.5. The molecule has 6 atom stereocenters. The van der Waals surface area contributed by atoms with Crippen LogP contribution in [0.1, 0.15) is 131 Å². The Balaban J connectivity index is 0.768. The molecule has 1 aliphatic carbocycles. The second-order valence-electron chi connectivity index (χ2n) is 24.9. The number of carbonyl (C=O) groups excluding carboxylic acids is 5. The van der Waals surface area contributed by atoms with Gasteiger partial charge in [0.2, 0.25) is 29.4 Å². The number of nitrogens with zero attached hydrogens (tertiary/aromatic N) is 6. The normalized spacial score (nSPS) is 17.9. The van der Waals surface area contributed by atoms with E-state index in [1.807, 2.05) is 112 Å². The van der Waals surface area contributed by atoms with Gasteiger partial charge in [0.05, 0.1) is 83.0 Å². The highest BCUT2D eigenvalue weighted by Gasteiger charge is 2.45. The highest BCUT2D eigenvalue weighted by atomic mass is 32.1. The maximum atomic E-state index is 15.2. The Morgan fingerprint density at radius 2 is 1.49 bits per heavy atom. The molecule has 494 valence electrons. The average Bonchev–Trinajstić information content (AvgIpc) is 0.866. The first-order chi connectivity index (χ1) is 44.4. The Morgan fingerprint density at radius 3 is 2.17 bits per heavy atom. The number of aryl methyl sites for hydroxylation is 2. The molecule has 2 aliphatic heterocycles. The number of aliphatic hydroxyl groups excluding tert-OH is 1. The molecule has 3 fully saturated rings. The van der Waals surface area contributed by atoms with Gasteiger partial charge in [0.1, 0.15) is 48.9 Å². The molecular weight excluding hydrogens is 1200 g/mol. The van der Waals surface area contributed by atoms with Crippen molar-refractivity contribution in [1.29, 1.82) is 0 Å². The summed E-state index contributed by atoms with van der Waals surface area (Å²) in [5.74, 6) is 0.566. The van der Waals surface area contributed by atoms with Gasteiger partial charge in [0, 0.05) is 26.1 Å². The number of piperidine rings is 1. The Kier molecular flexibility index (Phi) is 23.6. The van der Waals surface area contributed by atoms with E-state index in [9.17, 15) is 24.3 Å². The van der Waals surface area contributed by atoms with Crippen LogP contribution in [0.15, 0.2) is 90.6 Å². The Hall–Kier alpha value is -8.28. The van der Waals surface area contributed by atoms with E-state index in [2.05, 4.69) is 25.9 Å². The van der Waals surface area contributed by atoms with E-state index in [4.69, 9.17) is 37.9 Å². The lowest BCUT2D eigenvalue weighted by Gasteiger charge is -2.40. The minimum atomic E-state index is -1.02. The first kappa shape index (κ1) is 68.1. The summed E-state index contributed by atoms with van der Waals surface area (Å²) in [5.41, 5.74) is 6.89. The van der Waals surface area contributed by atoms with Crippen molar-refractivity contribution in [3.63, 3.8) is 0 Å². The van der Waals surface area contributed by atoms with Crippen molar-refractivity contribution in [2.45, 2.75) is 154 Å². The number of benzene rings is 4. The third-order valence-electron chi connectivity index (χ3n) is 17.5. The predicted molar refractivity (Wildman–Crippen MR) is 345 cm³/mol. The molecule has 2 saturated heterocycles. The SMILES string of the molecule is COc1cccc(C(CCc2ccc(OCc3cn(CCOCC(=O)NC(C(=O)N4C[C@H](O)C[C@H]4C(=O)NCc4ccc(-c5scnc5C)cc4)C(C)(C)C)nn3)c(OC)c2)OC(=O)C2CCCCN2C(=O)C(c2cc(OC)c(OC)c(OC)c2)C2CCCCC2)c1. The van der Waals surface area contributed by atoms with E-state index < -0.39 is 65.4 Å². The van der Waals surface area contributed by atoms with Gasteiger partial charge < -0.3 is 63.4 Å². The maximum absolute atomic E-state index is 15.2. The standard InChI is InChI=1S/C69H88N8O14S/c1-43-63(92-42-71-43)47-25-21-45(22-26-47)37-70-65(80)54-36-51(78)39-77(54)67(82)64(69(2,3)4)72-60(79)41-89-31-30-75-38-50(73-74-75)40-90-56-28-24-44(32-57(56)85-6)23-27-55(48-18-15-19-52(33-48)84-5)91-68(83)53-20-13-14-29-76(53)66(81)61(46-16-11-10-12-17-46)49-34-58(86-7)62(88-9)59(35-49)87-8/h15,18-19,21-22,24-26,28,32-35,38,42,46,51,53-55,61,64,78H,10-14,16-17,20,23,27,29-31,36-37,39-41H2,1-9H3,(H,70,80)(H,72,79)/t51-,53?,54+,55?,61?,64?/m1/s1. The number of carbonyl (C=O) groups is 5. The molecule has 0 bridgehead atoms. The van der Waals surface area contributed by atoms with Crippen LogP contribution in [-0.2, 0) is 59.6 Å². The lowest BCUT2D eigenvalue weighted by molar-refractivity contribution is -0.163. The van der Waals surface area contributed by atoms with Crippen LogP contribution in [0.5, 0.6) is 34.5 Å². The van der Waals surface area contributed by atoms with Crippen molar-refractivity contribution in [3.8, 4) is 44.9 Å². The van der Waals surface area contributed by atoms with Gasteiger partial charge in [0.15, 0.2) is 23.0 Å². The van der Waals surface area contributed by atoms with Gasteiger partial charge in [-0.1, -0.05) is 87.7 Å². The van der Waals surface area contributed by atoms with Crippen molar-refractivity contribution in [1.82, 2.24) is 40.4 Å². The number of amides is 4. The molecule has 4 heterocycles. The van der Waals surface area contributed by atoms with E-state index in [-0.39, 0.29) is 57.7 Å². The first-order valence-corrected chi connectivity index (χ1v) is 32.5. The molecule has 22 nitrogen and oxygen atoms in total. The summed E-state index contributed by atoms with van der Waals surface area (Å²) in [6, 6.07) is 22.0. The molecule has 4 aromatic carbocycles. The minimum absolute atomic E-state index is 0.0466. The molecule has 6 aromatic rings. The Morgan fingerprint density at radius 1 is 0.761 bits per heavy atom. The number of nitrogens with one attached hydrogen (secondary N) is 2. The molecule has 23 heteroatoms. The van der Waals surface area contributed by atoms with Gasteiger partial charge in [-0.25, -0.2) is 14.5 Å². The fourth-order valence-electron chi connectivity index (χ4n) is 12.6. The molecule has 4 unspecified atom stereocenters. The summed E-state index contributed by atoms with van der Waals surface area (Å²) in [5, 5.41) is 24.9. The van der Waals surface area contributed by atoms with Crippen LogP contribution < -0.4 is 39.1 Å². The number of likely N-dealkylation sites (tertiary alicyclic amines) is 2. The molecule has 0 radical (unpaired) electrons. The number of methoxy groups -OCH3 is 5. The van der Waals surface area contributed by atoms with Gasteiger partial charge in [-0.05, 0) is 127 Å². The molecule has 9 rings (SSSR count). The molecule has 3 N–H and O–H groups in total. The number of thiazole rings is 1. The number of hydrogen-bond donors (Lipinski definition) is 3. The van der Waals surface area contributed by atoms with Crippen LogP contribution in [0, 0.1) is 18.3 Å². The summed E-state index contributed by atoms with van der Waals surface area (Å²) in [6.45, 7) is 8.13. The van der Waals surface area contributed by atoms with Crippen LogP contribution in [0.2, 0.25) is 0 Å². The summed E-state index contributed by atoms with van der Waals surface area (Å²) >= 11 is 1.56. The van der Waals surface area contributed by atoms with E-state index >= 15 is 4.79 Å². The van der Waals surface area contributed by atoms with Crippen LogP contribution in [0.25, 0.3) is 10.4 Å². The topological polar surface area (TPSA) is 254 Å². The Bertz CT molecular complexity index is 3450. The average molecular weight is 1290 g/mol. The monoisotopic (exact) mass is 1280 g/mol. The number of esters is 1. The molecule has 92 heavy (non-hydrogen) atoms. The second kappa shape index (κ2) is 31.8. The number of aromatic nitrogens is 4. The lowest BCUT2D eigenvalue weighted by Crippen LogP contribution is -2.58. The molecular formula is C69H88N8O14S. The largest absolute Gasteiger partial charge is 0.497 e. The maximum Gasteiger partial charge on any atom is 0.329 e. The zero-order valence-electron chi connectivity index (χ0n) is 54.3. The van der Waals surface area contributed by atoms with Gasteiger partial charge in [-0.2, -0.15) is 0 Å². The number of rotatable bonds is 28. The summed E-state index contributed by atoms with van der Waals surface area (Å²) < 4.78 is 48.6. The van der Waals surface area contributed by atoms with E-state index in [1.165, 1.54) is 4.90 Å². The predicted octanol–water partition coefficient (Wildman–Crippen LogP) is 9.12. The minimum Gasteiger partial charge on any atom is -0.497 e. The first-order valence-electron chi connectivity index (χ1n) is 31.7. The third kappa shape index (κ3) is 17.0. The molecule has 1 saturated carbocycles. The van der Waals surface area contributed by atoms with Crippen molar-refractivity contribution in [2.24, 2.45) is 11.3 Å². The van der Waals surface area contributed by atoms with E-state index in [0.717, 1.165) is 83.3 Å². The summed E-state index contributed by atoms with van der Waals surface area (Å²) in [6.07, 6.45) is 8.04. The number of aliphatic hydroxyl groups is 1. The molecule has 3 aliphatic rings. The zero-order valence-corrected chi connectivity index (χ0v) is 55.1. The number of β-amino-alcohol motifs (C(OH)–C–C–N with tert-alkyl or cyclic N) is 1. The summed E-state index contributed by atoms with van der Waals surface area (Å²) in [4.78, 5) is 79.5. The van der Waals surface area contributed by atoms with Crippen LogP contribution >= 0.6 is 11.3 Å². The van der Waals surface area contributed by atoms with Crippen molar-refractivity contribution in [2.75, 3.05) is 61.9 Å². The fourth-order valence-corrected chi connectivity index (χ4v) is 13.4.